The zero-order valence-electron chi connectivity index (χ0n) is 11.6. The minimum Gasteiger partial charge on any atom is -0.285 e. The van der Waals surface area contributed by atoms with Gasteiger partial charge in [-0.25, -0.2) is 0 Å². The van der Waals surface area contributed by atoms with Crippen molar-refractivity contribution in [3.8, 4) is 0 Å². The molecule has 0 bridgehead atoms. The van der Waals surface area contributed by atoms with Gasteiger partial charge in [0, 0.05) is 18.4 Å². The highest BCUT2D eigenvalue weighted by atomic mass is 16.2. The zero-order chi connectivity index (χ0) is 13.1. The van der Waals surface area contributed by atoms with Crippen molar-refractivity contribution in [3.05, 3.63) is 0 Å². The predicted octanol–water partition coefficient (Wildman–Crippen LogP) is 2.99. The summed E-state index contributed by atoms with van der Waals surface area (Å²) in [6.45, 7) is 5.97. The van der Waals surface area contributed by atoms with Crippen molar-refractivity contribution in [2.24, 2.45) is 11.3 Å². The number of imide groups is 1. The molecule has 0 spiro atoms. The molecular formula is C14H25NO2. The van der Waals surface area contributed by atoms with Gasteiger partial charge in [0.25, 0.3) is 0 Å². The van der Waals surface area contributed by atoms with E-state index in [1.807, 2.05) is 20.8 Å². The highest BCUT2D eigenvalue weighted by Gasteiger charge is 2.36. The van der Waals surface area contributed by atoms with E-state index in [1.165, 1.54) is 4.90 Å². The predicted molar refractivity (Wildman–Crippen MR) is 68.4 cm³/mol. The molecule has 0 heterocycles. The summed E-state index contributed by atoms with van der Waals surface area (Å²) in [4.78, 5) is 25.9. The van der Waals surface area contributed by atoms with Crippen LogP contribution in [0.2, 0.25) is 0 Å². The minimum atomic E-state index is -0.386. The lowest BCUT2D eigenvalue weighted by atomic mass is 9.83. The summed E-state index contributed by atoms with van der Waals surface area (Å²) < 4.78 is 0. The molecule has 3 heteroatoms. The molecule has 0 aromatic heterocycles. The van der Waals surface area contributed by atoms with Gasteiger partial charge in [-0.2, -0.15) is 0 Å². The topological polar surface area (TPSA) is 37.4 Å². The second kappa shape index (κ2) is 5.65. The van der Waals surface area contributed by atoms with Crippen LogP contribution in [-0.4, -0.2) is 23.8 Å². The fraction of sp³-hybridized carbons (Fsp3) is 0.857. The molecule has 0 aromatic carbocycles. The van der Waals surface area contributed by atoms with Crippen molar-refractivity contribution >= 4 is 11.8 Å². The second-order valence-electron chi connectivity index (χ2n) is 5.45. The number of carbonyl (C=O) groups is 2. The fourth-order valence-electron chi connectivity index (χ4n) is 2.50. The highest BCUT2D eigenvalue weighted by molar-refractivity contribution is 5.98. The second-order valence-corrected chi connectivity index (χ2v) is 5.45. The normalized spacial score (nSPS) is 17.2. The Bertz CT molecular complexity index is 289. The molecule has 98 valence electrons. The van der Waals surface area contributed by atoms with Crippen LogP contribution in [-0.2, 0) is 9.59 Å². The van der Waals surface area contributed by atoms with Crippen molar-refractivity contribution in [1.29, 1.82) is 0 Å². The Morgan fingerprint density at radius 1 is 1.18 bits per heavy atom. The van der Waals surface area contributed by atoms with Crippen LogP contribution in [0.3, 0.4) is 0 Å². The number of hydrogen-bond acceptors (Lipinski definition) is 2. The molecule has 1 saturated carbocycles. The summed E-state index contributed by atoms with van der Waals surface area (Å²) in [7, 11) is 1.65. The van der Waals surface area contributed by atoms with E-state index < -0.39 is 0 Å². The van der Waals surface area contributed by atoms with Crippen molar-refractivity contribution in [2.75, 3.05) is 7.05 Å². The van der Waals surface area contributed by atoms with Crippen LogP contribution in [0.4, 0.5) is 0 Å². The van der Waals surface area contributed by atoms with Gasteiger partial charge in [0.05, 0.1) is 0 Å². The summed E-state index contributed by atoms with van der Waals surface area (Å²) in [5.74, 6) is 0.0990. The Balaban J connectivity index is 2.71. The van der Waals surface area contributed by atoms with Crippen molar-refractivity contribution in [2.45, 2.75) is 59.3 Å². The van der Waals surface area contributed by atoms with Crippen LogP contribution in [0.5, 0.6) is 0 Å². The van der Waals surface area contributed by atoms with Crippen LogP contribution in [0.1, 0.15) is 59.3 Å². The lowest BCUT2D eigenvalue weighted by Gasteiger charge is -2.31. The van der Waals surface area contributed by atoms with Crippen molar-refractivity contribution < 1.29 is 9.59 Å². The van der Waals surface area contributed by atoms with Gasteiger partial charge in [-0.3, -0.25) is 14.5 Å². The Morgan fingerprint density at radius 2 is 1.65 bits per heavy atom. The summed E-state index contributed by atoms with van der Waals surface area (Å²) in [6, 6.07) is 0. The molecule has 2 amide bonds. The molecule has 0 radical (unpaired) electrons. The maximum atomic E-state index is 12.3. The quantitative estimate of drug-likeness (QED) is 0.756. The first-order chi connectivity index (χ1) is 7.96. The number of hydrogen-bond donors (Lipinski definition) is 0. The van der Waals surface area contributed by atoms with Crippen molar-refractivity contribution in [3.63, 3.8) is 0 Å². The molecule has 1 aliphatic carbocycles. The van der Waals surface area contributed by atoms with Gasteiger partial charge in [-0.1, -0.05) is 33.6 Å². The Kier molecular flexibility index (Phi) is 4.72. The molecule has 0 unspecified atom stereocenters. The molecule has 0 atom stereocenters. The smallest absolute Gasteiger partial charge is 0.234 e. The van der Waals surface area contributed by atoms with Crippen LogP contribution in [0.15, 0.2) is 0 Å². The number of carbonyl (C=O) groups excluding carboxylic acids is 2. The first-order valence-corrected chi connectivity index (χ1v) is 6.78. The average molecular weight is 239 g/mol. The third-order valence-corrected chi connectivity index (χ3v) is 4.42. The van der Waals surface area contributed by atoms with E-state index in [0.29, 0.717) is 0 Å². The van der Waals surface area contributed by atoms with Crippen LogP contribution < -0.4 is 0 Å². The monoisotopic (exact) mass is 239 g/mol. The van der Waals surface area contributed by atoms with Gasteiger partial charge in [-0.15, -0.1) is 0 Å². The van der Waals surface area contributed by atoms with E-state index in [2.05, 4.69) is 0 Å². The zero-order valence-corrected chi connectivity index (χ0v) is 11.6. The fourth-order valence-corrected chi connectivity index (χ4v) is 2.50. The van der Waals surface area contributed by atoms with Crippen LogP contribution in [0, 0.1) is 11.3 Å². The van der Waals surface area contributed by atoms with Crippen molar-refractivity contribution in [1.82, 2.24) is 4.90 Å². The van der Waals surface area contributed by atoms with E-state index in [9.17, 15) is 9.59 Å². The lowest BCUT2D eigenvalue weighted by molar-refractivity contribution is -0.152. The first kappa shape index (κ1) is 14.2. The summed E-state index contributed by atoms with van der Waals surface area (Å²) in [5, 5.41) is 0. The molecule has 3 nitrogen and oxygen atoms in total. The van der Waals surface area contributed by atoms with Gasteiger partial charge in [0.2, 0.25) is 11.8 Å². The lowest BCUT2D eigenvalue weighted by Crippen LogP contribution is -2.45. The van der Waals surface area contributed by atoms with E-state index in [0.717, 1.165) is 38.5 Å². The van der Waals surface area contributed by atoms with E-state index >= 15 is 0 Å². The van der Waals surface area contributed by atoms with Gasteiger partial charge in [0.1, 0.15) is 0 Å². The van der Waals surface area contributed by atoms with Gasteiger partial charge >= 0.3 is 0 Å². The third kappa shape index (κ3) is 2.88. The molecule has 0 saturated heterocycles. The van der Waals surface area contributed by atoms with Crippen LogP contribution >= 0.6 is 0 Å². The van der Waals surface area contributed by atoms with E-state index in [1.54, 1.807) is 7.05 Å². The van der Waals surface area contributed by atoms with Gasteiger partial charge < -0.3 is 0 Å². The molecule has 1 fully saturated rings. The van der Waals surface area contributed by atoms with Gasteiger partial charge in [0.15, 0.2) is 0 Å². The number of amides is 2. The largest absolute Gasteiger partial charge is 0.285 e. The molecule has 17 heavy (non-hydrogen) atoms. The summed E-state index contributed by atoms with van der Waals surface area (Å²) in [5.41, 5.74) is -0.386. The standard InChI is InChI=1S/C14H25NO2/c1-5-14(3,6-2)13(17)15(4)12(16)11-9-7-8-10-11/h11H,5-10H2,1-4H3. The molecule has 1 rings (SSSR count). The van der Waals surface area contributed by atoms with E-state index in [-0.39, 0.29) is 23.1 Å². The number of nitrogens with zero attached hydrogens (tertiary/aromatic N) is 1. The molecular weight excluding hydrogens is 214 g/mol. The Morgan fingerprint density at radius 3 is 2.06 bits per heavy atom. The minimum absolute atomic E-state index is 0.0144. The summed E-state index contributed by atoms with van der Waals surface area (Å²) >= 11 is 0. The van der Waals surface area contributed by atoms with Crippen LogP contribution in [0.25, 0.3) is 0 Å². The highest BCUT2D eigenvalue weighted by Crippen LogP contribution is 2.31. The Labute approximate surface area is 105 Å². The van der Waals surface area contributed by atoms with Gasteiger partial charge in [-0.05, 0) is 25.7 Å². The average Bonchev–Trinajstić information content (AvgIpc) is 2.88. The molecule has 0 aliphatic heterocycles. The first-order valence-electron chi connectivity index (χ1n) is 6.78. The molecule has 0 aromatic rings. The molecule has 0 N–H and O–H groups in total. The molecule has 1 aliphatic rings. The summed E-state index contributed by atoms with van der Waals surface area (Å²) in [6.07, 6.45) is 5.71. The van der Waals surface area contributed by atoms with E-state index in [4.69, 9.17) is 0 Å². The Hall–Kier alpha value is -0.860. The SMILES string of the molecule is CCC(C)(CC)C(=O)N(C)C(=O)C1CCCC1. The number of rotatable bonds is 4. The maximum Gasteiger partial charge on any atom is 0.234 e. The third-order valence-electron chi connectivity index (χ3n) is 4.42. The maximum absolute atomic E-state index is 12.3.